The minimum absolute atomic E-state index is 0.294. The summed E-state index contributed by atoms with van der Waals surface area (Å²) in [6, 6.07) is 0.302. The molecule has 1 aromatic rings. The average molecular weight is 291 g/mol. The van der Waals surface area contributed by atoms with E-state index >= 15 is 0 Å². The normalized spacial score (nSPS) is 20.9. The Bertz CT molecular complexity index is 466. The van der Waals surface area contributed by atoms with E-state index in [9.17, 15) is 0 Å². The van der Waals surface area contributed by atoms with E-state index < -0.39 is 0 Å². The largest absolute Gasteiger partial charge is 0.368 e. The minimum atomic E-state index is 0.294. The fourth-order valence-electron chi connectivity index (χ4n) is 3.12. The Hall–Kier alpha value is -1.63. The van der Waals surface area contributed by atoms with Gasteiger partial charge in [0.05, 0.1) is 0 Å². The number of nitrogens with two attached hydrogens (primary N) is 1. The Morgan fingerprint density at radius 3 is 2.43 bits per heavy atom. The molecule has 3 rings (SSSR count). The fraction of sp³-hybridized carbons (Fsp3) is 0.786. The van der Waals surface area contributed by atoms with E-state index in [1.807, 2.05) is 0 Å². The molecule has 2 saturated heterocycles. The highest BCUT2D eigenvalue weighted by Crippen LogP contribution is 2.18. The molecule has 7 nitrogen and oxygen atoms in total. The molecule has 7 heteroatoms. The van der Waals surface area contributed by atoms with Gasteiger partial charge in [-0.3, -0.25) is 0 Å². The highest BCUT2D eigenvalue weighted by Gasteiger charge is 2.18. The molecular formula is C14H25N7. The molecule has 1 unspecified atom stereocenters. The number of aromatic nitrogens is 3. The van der Waals surface area contributed by atoms with Crippen LogP contribution in [0.25, 0.3) is 0 Å². The molecule has 0 saturated carbocycles. The van der Waals surface area contributed by atoms with Crippen LogP contribution >= 0.6 is 0 Å². The lowest BCUT2D eigenvalue weighted by Gasteiger charge is -2.22. The lowest BCUT2D eigenvalue weighted by molar-refractivity contribution is 0.327. The first-order chi connectivity index (χ1) is 10.2. The molecule has 116 valence electrons. The predicted octanol–water partition coefficient (Wildman–Crippen LogP) is 0.950. The summed E-state index contributed by atoms with van der Waals surface area (Å²) in [7, 11) is 0. The van der Waals surface area contributed by atoms with Crippen molar-refractivity contribution in [3.8, 4) is 0 Å². The van der Waals surface area contributed by atoms with Gasteiger partial charge >= 0.3 is 0 Å². The molecule has 0 aromatic carbocycles. The van der Waals surface area contributed by atoms with Crippen molar-refractivity contribution in [2.24, 2.45) is 0 Å². The first-order valence-corrected chi connectivity index (χ1v) is 7.96. The van der Waals surface area contributed by atoms with Gasteiger partial charge in [0, 0.05) is 25.7 Å². The number of likely N-dealkylation sites (tertiary alicyclic amines) is 1. The van der Waals surface area contributed by atoms with Crippen LogP contribution in [0.2, 0.25) is 0 Å². The number of nitrogen functional groups attached to an aromatic ring is 1. The van der Waals surface area contributed by atoms with Gasteiger partial charge in [-0.25, -0.2) is 0 Å². The maximum Gasteiger partial charge on any atom is 0.231 e. The van der Waals surface area contributed by atoms with Crippen LogP contribution in [0, 0.1) is 0 Å². The van der Waals surface area contributed by atoms with Gasteiger partial charge in [-0.2, -0.15) is 15.0 Å². The fourth-order valence-corrected chi connectivity index (χ4v) is 3.12. The third kappa shape index (κ3) is 3.72. The van der Waals surface area contributed by atoms with E-state index in [4.69, 9.17) is 5.73 Å². The van der Waals surface area contributed by atoms with E-state index in [1.165, 1.54) is 38.8 Å². The van der Waals surface area contributed by atoms with Crippen molar-refractivity contribution in [1.82, 2.24) is 19.9 Å². The maximum atomic E-state index is 5.83. The number of anilines is 3. The number of hydrogen-bond donors (Lipinski definition) is 2. The molecule has 0 bridgehead atoms. The maximum absolute atomic E-state index is 5.83. The lowest BCUT2D eigenvalue weighted by atomic mass is 10.3. The van der Waals surface area contributed by atoms with Gasteiger partial charge in [-0.05, 0) is 45.7 Å². The average Bonchev–Trinajstić information content (AvgIpc) is 3.10. The van der Waals surface area contributed by atoms with Crippen molar-refractivity contribution in [2.45, 2.75) is 38.6 Å². The molecule has 2 fully saturated rings. The first kappa shape index (κ1) is 14.3. The van der Waals surface area contributed by atoms with Crippen LogP contribution in [0.3, 0.4) is 0 Å². The van der Waals surface area contributed by atoms with Crippen LogP contribution in [-0.2, 0) is 0 Å². The Labute approximate surface area is 126 Å². The van der Waals surface area contributed by atoms with E-state index in [1.54, 1.807) is 0 Å². The first-order valence-electron chi connectivity index (χ1n) is 7.96. The second kappa shape index (κ2) is 6.43. The van der Waals surface area contributed by atoms with Crippen molar-refractivity contribution in [3.63, 3.8) is 0 Å². The summed E-state index contributed by atoms with van der Waals surface area (Å²) in [4.78, 5) is 17.7. The van der Waals surface area contributed by atoms with Crippen molar-refractivity contribution in [3.05, 3.63) is 0 Å². The Morgan fingerprint density at radius 2 is 1.71 bits per heavy atom. The van der Waals surface area contributed by atoms with Crippen LogP contribution < -0.4 is 16.0 Å². The quantitative estimate of drug-likeness (QED) is 0.835. The van der Waals surface area contributed by atoms with Gasteiger partial charge in [0.2, 0.25) is 17.8 Å². The van der Waals surface area contributed by atoms with Crippen LogP contribution in [0.1, 0.15) is 32.6 Å². The van der Waals surface area contributed by atoms with Crippen molar-refractivity contribution in [1.29, 1.82) is 0 Å². The minimum Gasteiger partial charge on any atom is -0.368 e. The second-order valence-corrected chi connectivity index (χ2v) is 6.06. The second-order valence-electron chi connectivity index (χ2n) is 6.06. The molecular weight excluding hydrogens is 266 g/mol. The summed E-state index contributed by atoms with van der Waals surface area (Å²) < 4.78 is 0. The zero-order valence-electron chi connectivity index (χ0n) is 12.8. The van der Waals surface area contributed by atoms with Gasteiger partial charge in [-0.1, -0.05) is 0 Å². The van der Waals surface area contributed by atoms with E-state index in [0.717, 1.165) is 19.6 Å². The van der Waals surface area contributed by atoms with Crippen molar-refractivity contribution >= 4 is 17.8 Å². The summed E-state index contributed by atoms with van der Waals surface area (Å²) in [5, 5.41) is 3.36. The summed E-state index contributed by atoms with van der Waals surface area (Å²) >= 11 is 0. The molecule has 1 atom stereocenters. The molecule has 0 amide bonds. The lowest BCUT2D eigenvalue weighted by Crippen LogP contribution is -2.33. The summed E-state index contributed by atoms with van der Waals surface area (Å²) in [5.41, 5.74) is 5.83. The zero-order chi connectivity index (χ0) is 14.7. The SMILES string of the molecule is CC(CN1CCCC1)Nc1nc(N)nc(N2CCCC2)n1. The molecule has 2 aliphatic heterocycles. The molecule has 1 aromatic heterocycles. The molecule has 2 aliphatic rings. The van der Waals surface area contributed by atoms with Gasteiger partial charge in [0.25, 0.3) is 0 Å². The number of nitrogens with zero attached hydrogens (tertiary/aromatic N) is 5. The third-order valence-electron chi connectivity index (χ3n) is 4.14. The van der Waals surface area contributed by atoms with E-state index in [2.05, 4.69) is 37.0 Å². The highest BCUT2D eigenvalue weighted by atomic mass is 15.3. The third-order valence-corrected chi connectivity index (χ3v) is 4.14. The smallest absolute Gasteiger partial charge is 0.231 e. The van der Waals surface area contributed by atoms with E-state index in [-0.39, 0.29) is 0 Å². The van der Waals surface area contributed by atoms with E-state index in [0.29, 0.717) is 23.9 Å². The number of hydrogen-bond acceptors (Lipinski definition) is 7. The topological polar surface area (TPSA) is 83.2 Å². The molecule has 21 heavy (non-hydrogen) atoms. The summed E-state index contributed by atoms with van der Waals surface area (Å²) in [6.45, 7) is 7.59. The Balaban J connectivity index is 1.63. The number of nitrogens with one attached hydrogen (secondary N) is 1. The van der Waals surface area contributed by atoms with Crippen molar-refractivity contribution < 1.29 is 0 Å². The Morgan fingerprint density at radius 1 is 1.05 bits per heavy atom. The van der Waals surface area contributed by atoms with Crippen LogP contribution in [-0.4, -0.2) is 58.6 Å². The Kier molecular flexibility index (Phi) is 4.38. The molecule has 0 aliphatic carbocycles. The van der Waals surface area contributed by atoms with Crippen LogP contribution in [0.15, 0.2) is 0 Å². The van der Waals surface area contributed by atoms with Crippen LogP contribution in [0.5, 0.6) is 0 Å². The standard InChI is InChI=1S/C14H25N7/c1-11(10-20-6-2-3-7-20)16-13-17-12(15)18-14(19-13)21-8-4-5-9-21/h11H,2-10H2,1H3,(H3,15,16,17,18,19). The molecule has 3 N–H and O–H groups in total. The summed E-state index contributed by atoms with van der Waals surface area (Å²) in [6.07, 6.45) is 5.01. The molecule has 3 heterocycles. The van der Waals surface area contributed by atoms with Gasteiger partial charge < -0.3 is 20.9 Å². The zero-order valence-corrected chi connectivity index (χ0v) is 12.8. The summed E-state index contributed by atoms with van der Waals surface area (Å²) in [5.74, 6) is 1.59. The van der Waals surface area contributed by atoms with Gasteiger partial charge in [0.15, 0.2) is 0 Å². The van der Waals surface area contributed by atoms with Crippen molar-refractivity contribution in [2.75, 3.05) is 48.7 Å². The van der Waals surface area contributed by atoms with Crippen LogP contribution in [0.4, 0.5) is 17.8 Å². The number of rotatable bonds is 5. The highest BCUT2D eigenvalue weighted by molar-refractivity contribution is 5.42. The predicted molar refractivity (Wildman–Crippen MR) is 84.4 cm³/mol. The van der Waals surface area contributed by atoms with Gasteiger partial charge in [0.1, 0.15) is 0 Å². The molecule has 0 radical (unpaired) electrons. The monoisotopic (exact) mass is 291 g/mol. The van der Waals surface area contributed by atoms with Gasteiger partial charge in [-0.15, -0.1) is 0 Å². The molecule has 0 spiro atoms.